The van der Waals surface area contributed by atoms with E-state index in [1.807, 2.05) is 35.1 Å². The topological polar surface area (TPSA) is 72.8 Å². The van der Waals surface area contributed by atoms with Crippen LogP contribution in [0.2, 0.25) is 0 Å². The first kappa shape index (κ1) is 22.8. The summed E-state index contributed by atoms with van der Waals surface area (Å²) in [5, 5.41) is 5.30. The number of nitrogens with one attached hydrogen (secondary N) is 1. The van der Waals surface area contributed by atoms with Gasteiger partial charge in [0, 0.05) is 17.8 Å². The molecule has 180 valence electrons. The van der Waals surface area contributed by atoms with E-state index >= 15 is 0 Å². The number of carbonyl (C=O) groups excluding carboxylic acids is 2. The molecule has 8 heteroatoms. The zero-order valence-corrected chi connectivity index (χ0v) is 20.9. The van der Waals surface area contributed by atoms with E-state index in [4.69, 9.17) is 9.47 Å². The van der Waals surface area contributed by atoms with Crippen LogP contribution in [0.25, 0.3) is 10.2 Å². The van der Waals surface area contributed by atoms with Crippen molar-refractivity contribution >= 4 is 39.1 Å². The molecule has 2 amide bonds. The van der Waals surface area contributed by atoms with Crippen LogP contribution in [0.3, 0.4) is 0 Å². The normalized spacial score (nSPS) is 24.7. The van der Waals surface area contributed by atoms with Gasteiger partial charge in [0.2, 0.25) is 5.91 Å². The Morgan fingerprint density at radius 3 is 2.53 bits per heavy atom. The molecule has 7 nitrogen and oxygen atoms in total. The maximum absolute atomic E-state index is 14.0. The fraction of sp³-hybridized carbons (Fsp3) is 0.462. The summed E-state index contributed by atoms with van der Waals surface area (Å²) in [5.41, 5.74) is 1.08. The van der Waals surface area contributed by atoms with Crippen molar-refractivity contribution in [1.82, 2.24) is 9.88 Å². The van der Waals surface area contributed by atoms with Crippen LogP contribution >= 0.6 is 11.3 Å². The summed E-state index contributed by atoms with van der Waals surface area (Å²) in [4.78, 5) is 29.5. The fourth-order valence-electron chi connectivity index (χ4n) is 5.33. The Bertz CT molecular complexity index is 1240. The second-order valence-electron chi connectivity index (χ2n) is 9.67. The molecule has 3 heterocycles. The molecule has 0 spiro atoms. The lowest BCUT2D eigenvalue weighted by molar-refractivity contribution is -0.127. The Kier molecular flexibility index (Phi) is 5.80. The lowest BCUT2D eigenvalue weighted by atomic mass is 9.86. The Morgan fingerprint density at radius 1 is 1.09 bits per heavy atom. The highest BCUT2D eigenvalue weighted by molar-refractivity contribution is 7.17. The van der Waals surface area contributed by atoms with Gasteiger partial charge in [0.05, 0.1) is 31.0 Å². The first-order valence-electron chi connectivity index (χ1n) is 11.8. The van der Waals surface area contributed by atoms with Gasteiger partial charge in [-0.1, -0.05) is 6.92 Å². The molecule has 1 aromatic carbocycles. The van der Waals surface area contributed by atoms with Crippen molar-refractivity contribution in [2.24, 2.45) is 5.92 Å². The largest absolute Gasteiger partial charge is 0.493 e. The second-order valence-corrected chi connectivity index (χ2v) is 10.6. The van der Waals surface area contributed by atoms with Gasteiger partial charge >= 0.3 is 0 Å². The van der Waals surface area contributed by atoms with Crippen LogP contribution in [0.4, 0.5) is 5.69 Å². The van der Waals surface area contributed by atoms with Crippen molar-refractivity contribution in [3.63, 3.8) is 0 Å². The second kappa shape index (κ2) is 8.65. The maximum Gasteiger partial charge on any atom is 0.275 e. The van der Waals surface area contributed by atoms with Gasteiger partial charge in [-0.05, 0) is 68.2 Å². The quantitative estimate of drug-likeness (QED) is 0.566. The number of benzene rings is 1. The number of rotatable bonds is 5. The molecular weight excluding hydrogens is 450 g/mol. The molecule has 1 aliphatic heterocycles. The molecule has 34 heavy (non-hydrogen) atoms. The number of hydrogen-bond donors (Lipinski definition) is 1. The smallest absolute Gasteiger partial charge is 0.275 e. The highest BCUT2D eigenvalue weighted by Gasteiger charge is 2.49. The number of anilines is 1. The number of aromatic nitrogens is 1. The number of fused-ring (bicyclic) bond motifs is 3. The van der Waals surface area contributed by atoms with E-state index in [0.29, 0.717) is 35.3 Å². The average molecular weight is 482 g/mol. The number of thiophene rings is 1. The van der Waals surface area contributed by atoms with E-state index < -0.39 is 5.54 Å². The molecule has 0 saturated heterocycles. The minimum Gasteiger partial charge on any atom is -0.493 e. The van der Waals surface area contributed by atoms with Crippen molar-refractivity contribution in [2.45, 2.75) is 57.7 Å². The van der Waals surface area contributed by atoms with Crippen LogP contribution in [0.15, 0.2) is 35.7 Å². The fourth-order valence-corrected chi connectivity index (χ4v) is 6.15. The van der Waals surface area contributed by atoms with Crippen LogP contribution < -0.4 is 19.7 Å². The first-order chi connectivity index (χ1) is 16.4. The van der Waals surface area contributed by atoms with Crippen molar-refractivity contribution in [3.05, 3.63) is 41.4 Å². The average Bonchev–Trinajstić information content (AvgIpc) is 3.43. The molecule has 0 bridgehead atoms. The van der Waals surface area contributed by atoms with Gasteiger partial charge in [0.15, 0.2) is 11.5 Å². The molecular formula is C26H31N3O4S. The zero-order chi connectivity index (χ0) is 24.0. The van der Waals surface area contributed by atoms with Gasteiger partial charge in [-0.3, -0.25) is 14.5 Å². The third-order valence-electron chi connectivity index (χ3n) is 7.37. The van der Waals surface area contributed by atoms with Crippen LogP contribution in [0.5, 0.6) is 11.5 Å². The maximum atomic E-state index is 14.0. The number of methoxy groups -OCH3 is 2. The summed E-state index contributed by atoms with van der Waals surface area (Å²) in [6, 6.07) is 9.43. The molecule has 1 fully saturated rings. The van der Waals surface area contributed by atoms with Crippen LogP contribution in [-0.4, -0.2) is 42.2 Å². The lowest BCUT2D eigenvalue weighted by Crippen LogP contribution is -2.65. The van der Waals surface area contributed by atoms with E-state index in [2.05, 4.69) is 12.2 Å². The van der Waals surface area contributed by atoms with Crippen molar-refractivity contribution < 1.29 is 19.1 Å². The van der Waals surface area contributed by atoms with Crippen molar-refractivity contribution in [3.8, 4) is 11.5 Å². The summed E-state index contributed by atoms with van der Waals surface area (Å²) >= 11 is 1.60. The van der Waals surface area contributed by atoms with E-state index in [0.717, 1.165) is 35.9 Å². The standard InChI is InChI=1S/C26H31N3O4S/c1-16-5-7-17(8-6-16)27-25(31)26(2)15-28-19-11-12-34-23(19)14-20(28)24(30)29(26)18-9-10-21(32-3)22(13-18)33-4/h9-14,16-17H,5-8,15H2,1-4H3,(H,27,31)/t16?,17?,26-/m1/s1. The number of hydrogen-bond acceptors (Lipinski definition) is 5. The molecule has 1 atom stereocenters. The summed E-state index contributed by atoms with van der Waals surface area (Å²) in [6.07, 6.45) is 4.15. The highest BCUT2D eigenvalue weighted by atomic mass is 32.1. The highest BCUT2D eigenvalue weighted by Crippen LogP contribution is 2.40. The molecule has 1 N–H and O–H groups in total. The van der Waals surface area contributed by atoms with Gasteiger partial charge in [0.1, 0.15) is 11.2 Å². The van der Waals surface area contributed by atoms with Crippen molar-refractivity contribution in [2.75, 3.05) is 19.1 Å². The summed E-state index contributed by atoms with van der Waals surface area (Å²) in [5.74, 6) is 1.45. The number of amides is 2. The minimum atomic E-state index is -1.11. The minimum absolute atomic E-state index is 0.127. The third kappa shape index (κ3) is 3.64. The van der Waals surface area contributed by atoms with Gasteiger partial charge in [-0.25, -0.2) is 0 Å². The molecule has 0 radical (unpaired) electrons. The zero-order valence-electron chi connectivity index (χ0n) is 20.1. The summed E-state index contributed by atoms with van der Waals surface area (Å²) in [6.45, 7) is 4.50. The van der Waals surface area contributed by atoms with E-state index in [9.17, 15) is 9.59 Å². The first-order valence-corrected chi connectivity index (χ1v) is 12.7. The molecule has 5 rings (SSSR count). The molecule has 0 unspecified atom stereocenters. The van der Waals surface area contributed by atoms with E-state index in [-0.39, 0.29) is 17.9 Å². The summed E-state index contributed by atoms with van der Waals surface area (Å²) in [7, 11) is 3.14. The Labute approximate surface area is 203 Å². The molecule has 3 aromatic rings. The Hall–Kier alpha value is -3.00. The van der Waals surface area contributed by atoms with Crippen LogP contribution in [0.1, 0.15) is 50.0 Å². The molecule has 2 aromatic heterocycles. The molecule has 2 aliphatic rings. The van der Waals surface area contributed by atoms with E-state index in [1.54, 1.807) is 42.6 Å². The van der Waals surface area contributed by atoms with Crippen LogP contribution in [-0.2, 0) is 11.3 Å². The molecule has 1 aliphatic carbocycles. The Balaban J connectivity index is 1.58. The predicted octanol–water partition coefficient (Wildman–Crippen LogP) is 4.83. The van der Waals surface area contributed by atoms with Gasteiger partial charge in [0.25, 0.3) is 5.91 Å². The van der Waals surface area contributed by atoms with Gasteiger partial charge < -0.3 is 19.4 Å². The van der Waals surface area contributed by atoms with Crippen molar-refractivity contribution in [1.29, 1.82) is 0 Å². The van der Waals surface area contributed by atoms with E-state index in [1.165, 1.54) is 0 Å². The third-order valence-corrected chi connectivity index (χ3v) is 8.22. The number of nitrogens with zero attached hydrogens (tertiary/aromatic N) is 2. The summed E-state index contributed by atoms with van der Waals surface area (Å²) < 4.78 is 13.9. The van der Waals surface area contributed by atoms with Gasteiger partial charge in [-0.15, -0.1) is 11.3 Å². The number of carbonyl (C=O) groups is 2. The number of ether oxygens (including phenoxy) is 2. The predicted molar refractivity (Wildman–Crippen MR) is 134 cm³/mol. The SMILES string of the molecule is COc1ccc(N2C(=O)c3cc4sccc4n3C[C@]2(C)C(=O)NC2CCC(C)CC2)cc1OC. The molecule has 1 saturated carbocycles. The monoisotopic (exact) mass is 481 g/mol. The Morgan fingerprint density at radius 2 is 1.82 bits per heavy atom. The lowest BCUT2D eigenvalue weighted by Gasteiger charge is -2.45. The van der Waals surface area contributed by atoms with Gasteiger partial charge in [-0.2, -0.15) is 0 Å². The van der Waals surface area contributed by atoms with Crippen LogP contribution in [0, 0.1) is 5.92 Å².